The first-order valence-electron chi connectivity index (χ1n) is 9.67. The van der Waals surface area contributed by atoms with Crippen LogP contribution in [0.5, 0.6) is 0 Å². The lowest BCUT2D eigenvalue weighted by molar-refractivity contribution is -0.143. The number of amides is 1. The molecule has 7 heteroatoms. The summed E-state index contributed by atoms with van der Waals surface area (Å²) in [5, 5.41) is 14.3. The number of rotatable bonds is 4. The van der Waals surface area contributed by atoms with Crippen molar-refractivity contribution in [2.75, 3.05) is 13.1 Å². The lowest BCUT2D eigenvalue weighted by Gasteiger charge is -2.34. The van der Waals surface area contributed by atoms with Gasteiger partial charge < -0.3 is 14.5 Å². The van der Waals surface area contributed by atoms with E-state index in [0.29, 0.717) is 35.5 Å². The van der Waals surface area contributed by atoms with Crippen molar-refractivity contribution in [3.05, 3.63) is 23.0 Å². The molecule has 4 rings (SSSR count). The fraction of sp³-hybridized carbons (Fsp3) is 0.600. The van der Waals surface area contributed by atoms with Crippen molar-refractivity contribution < 1.29 is 19.2 Å². The number of aliphatic carboxylic acids is 1. The Hall–Kier alpha value is -2.44. The molecule has 1 saturated heterocycles. The van der Waals surface area contributed by atoms with Crippen molar-refractivity contribution in [1.29, 1.82) is 0 Å². The van der Waals surface area contributed by atoms with Crippen LogP contribution in [-0.2, 0) is 4.79 Å². The molecule has 0 spiro atoms. The van der Waals surface area contributed by atoms with Gasteiger partial charge in [0.15, 0.2) is 0 Å². The third-order valence-corrected chi connectivity index (χ3v) is 5.56. The summed E-state index contributed by atoms with van der Waals surface area (Å²) in [6.07, 6.45) is 2.74. The first-order valence-corrected chi connectivity index (χ1v) is 9.67. The third kappa shape index (κ3) is 3.31. The number of likely N-dealkylation sites (tertiary alicyclic amines) is 1. The molecule has 2 atom stereocenters. The highest BCUT2D eigenvalue weighted by Gasteiger charge is 2.35. The maximum Gasteiger partial charge on any atom is 0.308 e. The molecule has 1 saturated carbocycles. The second-order valence-corrected chi connectivity index (χ2v) is 8.36. The Balaban J connectivity index is 1.77. The molecule has 2 aromatic heterocycles. The molecule has 1 amide bonds. The standard InChI is InChI=1S/C20H25N3O4/c1-10(2)17-16-14(7-15(12-4-5-12)21-18(16)27-22-17)19(24)23-8-11(3)6-13(9-23)20(25)26/h7,10-13H,4-6,8-9H2,1-3H3,(H,25,26). The number of carboxylic acid groups (broad SMARTS) is 1. The Kier molecular flexibility index (Phi) is 4.40. The maximum absolute atomic E-state index is 13.4. The lowest BCUT2D eigenvalue weighted by atomic mass is 9.90. The molecule has 1 aliphatic heterocycles. The Bertz CT molecular complexity index is 900. The van der Waals surface area contributed by atoms with Crippen molar-refractivity contribution in [2.45, 2.75) is 51.9 Å². The Morgan fingerprint density at radius 2 is 2.04 bits per heavy atom. The highest BCUT2D eigenvalue weighted by atomic mass is 16.5. The van der Waals surface area contributed by atoms with E-state index >= 15 is 0 Å². The normalized spacial score (nSPS) is 23.2. The number of hydrogen-bond acceptors (Lipinski definition) is 5. The van der Waals surface area contributed by atoms with Gasteiger partial charge in [0.25, 0.3) is 11.6 Å². The van der Waals surface area contributed by atoms with Gasteiger partial charge in [0.2, 0.25) is 0 Å². The van der Waals surface area contributed by atoms with Crippen LogP contribution in [0.4, 0.5) is 0 Å². The van der Waals surface area contributed by atoms with E-state index < -0.39 is 11.9 Å². The van der Waals surface area contributed by atoms with E-state index in [1.807, 2.05) is 26.8 Å². The van der Waals surface area contributed by atoms with Gasteiger partial charge in [0.1, 0.15) is 0 Å². The summed E-state index contributed by atoms with van der Waals surface area (Å²) < 4.78 is 5.46. The average molecular weight is 371 g/mol. The molecule has 0 aromatic carbocycles. The van der Waals surface area contributed by atoms with E-state index in [0.717, 1.165) is 24.2 Å². The SMILES string of the molecule is CC1CC(C(=O)O)CN(C(=O)c2cc(C3CC3)nc3onc(C(C)C)c23)C1. The summed E-state index contributed by atoms with van der Waals surface area (Å²) in [6.45, 7) is 6.80. The number of pyridine rings is 1. The number of hydrogen-bond donors (Lipinski definition) is 1. The molecule has 2 aliphatic rings. The summed E-state index contributed by atoms with van der Waals surface area (Å²) in [4.78, 5) is 31.2. The van der Waals surface area contributed by atoms with Gasteiger partial charge >= 0.3 is 5.97 Å². The molecule has 2 fully saturated rings. The Morgan fingerprint density at radius 3 is 2.67 bits per heavy atom. The molecule has 1 aliphatic carbocycles. The van der Waals surface area contributed by atoms with Crippen LogP contribution in [0.2, 0.25) is 0 Å². The number of carboxylic acids is 1. The molecular formula is C20H25N3O4. The highest BCUT2D eigenvalue weighted by molar-refractivity contribution is 6.06. The van der Waals surface area contributed by atoms with Crippen LogP contribution >= 0.6 is 0 Å². The van der Waals surface area contributed by atoms with Crippen LogP contribution in [0.15, 0.2) is 10.6 Å². The van der Waals surface area contributed by atoms with Gasteiger partial charge in [0, 0.05) is 24.7 Å². The van der Waals surface area contributed by atoms with Crippen molar-refractivity contribution in [3.8, 4) is 0 Å². The third-order valence-electron chi connectivity index (χ3n) is 5.56. The molecular weight excluding hydrogens is 346 g/mol. The van der Waals surface area contributed by atoms with Gasteiger partial charge in [-0.25, -0.2) is 4.98 Å². The topological polar surface area (TPSA) is 96.5 Å². The Morgan fingerprint density at radius 1 is 1.30 bits per heavy atom. The van der Waals surface area contributed by atoms with Gasteiger partial charge in [-0.05, 0) is 37.2 Å². The molecule has 0 radical (unpaired) electrons. The van der Waals surface area contributed by atoms with Crippen molar-refractivity contribution in [1.82, 2.24) is 15.0 Å². The zero-order valence-electron chi connectivity index (χ0n) is 15.9. The highest BCUT2D eigenvalue weighted by Crippen LogP contribution is 2.41. The number of piperidine rings is 1. The minimum atomic E-state index is -0.842. The molecule has 3 heterocycles. The summed E-state index contributed by atoms with van der Waals surface area (Å²) >= 11 is 0. The van der Waals surface area contributed by atoms with Gasteiger partial charge in [-0.1, -0.05) is 25.9 Å². The number of fused-ring (bicyclic) bond motifs is 1. The van der Waals surface area contributed by atoms with Gasteiger partial charge in [-0.3, -0.25) is 9.59 Å². The molecule has 144 valence electrons. The summed E-state index contributed by atoms with van der Waals surface area (Å²) in [5.41, 5.74) is 2.55. The number of nitrogens with zero attached hydrogens (tertiary/aromatic N) is 3. The van der Waals surface area contributed by atoms with E-state index in [1.165, 1.54) is 0 Å². The van der Waals surface area contributed by atoms with Crippen molar-refractivity contribution in [3.63, 3.8) is 0 Å². The molecule has 2 unspecified atom stereocenters. The van der Waals surface area contributed by atoms with E-state index in [9.17, 15) is 14.7 Å². The second-order valence-electron chi connectivity index (χ2n) is 8.36. The van der Waals surface area contributed by atoms with Crippen LogP contribution in [0.1, 0.15) is 73.6 Å². The predicted octanol–water partition coefficient (Wildman–Crippen LogP) is 3.41. The van der Waals surface area contributed by atoms with Gasteiger partial charge in [-0.2, -0.15) is 0 Å². The first kappa shape index (κ1) is 17.9. The zero-order valence-corrected chi connectivity index (χ0v) is 15.9. The quantitative estimate of drug-likeness (QED) is 0.885. The largest absolute Gasteiger partial charge is 0.481 e. The maximum atomic E-state index is 13.4. The number of carbonyl (C=O) groups excluding carboxylic acids is 1. The van der Waals surface area contributed by atoms with Crippen LogP contribution in [-0.4, -0.2) is 45.1 Å². The summed E-state index contributed by atoms with van der Waals surface area (Å²) in [7, 11) is 0. The minimum Gasteiger partial charge on any atom is -0.481 e. The van der Waals surface area contributed by atoms with E-state index in [-0.39, 0.29) is 24.3 Å². The molecule has 2 aromatic rings. The fourth-order valence-electron chi connectivity index (χ4n) is 4.01. The monoisotopic (exact) mass is 371 g/mol. The molecule has 1 N–H and O–H groups in total. The molecule has 27 heavy (non-hydrogen) atoms. The first-order chi connectivity index (χ1) is 12.8. The lowest BCUT2D eigenvalue weighted by Crippen LogP contribution is -2.45. The van der Waals surface area contributed by atoms with E-state index in [4.69, 9.17) is 4.52 Å². The van der Waals surface area contributed by atoms with Gasteiger partial charge in [-0.15, -0.1) is 0 Å². The van der Waals surface area contributed by atoms with Crippen molar-refractivity contribution >= 4 is 23.0 Å². The zero-order chi connectivity index (χ0) is 19.3. The predicted molar refractivity (Wildman–Crippen MR) is 98.7 cm³/mol. The van der Waals surface area contributed by atoms with Gasteiger partial charge in [0.05, 0.1) is 22.6 Å². The summed E-state index contributed by atoms with van der Waals surface area (Å²) in [5.74, 6) is -0.891. The van der Waals surface area contributed by atoms with Crippen molar-refractivity contribution in [2.24, 2.45) is 11.8 Å². The van der Waals surface area contributed by atoms with E-state index in [2.05, 4.69) is 10.1 Å². The number of aromatic nitrogens is 2. The van der Waals surface area contributed by atoms with Crippen LogP contribution < -0.4 is 0 Å². The fourth-order valence-corrected chi connectivity index (χ4v) is 4.01. The summed E-state index contributed by atoms with van der Waals surface area (Å²) in [6, 6.07) is 1.88. The number of carbonyl (C=O) groups is 2. The molecule has 7 nitrogen and oxygen atoms in total. The van der Waals surface area contributed by atoms with Crippen LogP contribution in [0.3, 0.4) is 0 Å². The van der Waals surface area contributed by atoms with Crippen LogP contribution in [0.25, 0.3) is 11.1 Å². The Labute approximate surface area is 157 Å². The van der Waals surface area contributed by atoms with E-state index in [1.54, 1.807) is 4.90 Å². The second kappa shape index (κ2) is 6.62. The molecule has 0 bridgehead atoms. The smallest absolute Gasteiger partial charge is 0.308 e. The van der Waals surface area contributed by atoms with Crippen LogP contribution in [0, 0.1) is 11.8 Å². The average Bonchev–Trinajstić information content (AvgIpc) is 3.38. The minimum absolute atomic E-state index is 0.0958.